The molecule has 0 bridgehead atoms. The zero-order valence-electron chi connectivity index (χ0n) is 15.2. The summed E-state index contributed by atoms with van der Waals surface area (Å²) in [7, 11) is 5.39. The minimum absolute atomic E-state index is 0.244. The van der Waals surface area contributed by atoms with Crippen molar-refractivity contribution in [3.63, 3.8) is 0 Å². The maximum absolute atomic E-state index is 12.5. The maximum Gasteiger partial charge on any atom is 0.257 e. The molecule has 1 heterocycles. The van der Waals surface area contributed by atoms with E-state index >= 15 is 0 Å². The summed E-state index contributed by atoms with van der Waals surface area (Å²) < 4.78 is 11.0. The molecule has 25 heavy (non-hydrogen) atoms. The van der Waals surface area contributed by atoms with Crippen LogP contribution < -0.4 is 19.7 Å². The number of ether oxygens (including phenoxy) is 2. The summed E-state index contributed by atoms with van der Waals surface area (Å²) in [6, 6.07) is 8.91. The fourth-order valence-corrected chi connectivity index (χ4v) is 2.17. The first kappa shape index (κ1) is 18.6. The predicted octanol–water partition coefficient (Wildman–Crippen LogP) is 3.59. The fraction of sp³-hybridized carbons (Fsp3) is 0.368. The van der Waals surface area contributed by atoms with Gasteiger partial charge in [-0.25, -0.2) is 4.98 Å². The molecule has 0 saturated carbocycles. The second-order valence-electron chi connectivity index (χ2n) is 5.82. The van der Waals surface area contributed by atoms with Crippen molar-refractivity contribution >= 4 is 17.4 Å². The Balaban J connectivity index is 2.17. The SMILES string of the molecule is CCCCOc1ccc(OC)cc1NC(=O)c1ccc(N(C)C)nc1. The van der Waals surface area contributed by atoms with Crippen molar-refractivity contribution in [1.82, 2.24) is 4.98 Å². The minimum Gasteiger partial charge on any atom is -0.497 e. The smallest absolute Gasteiger partial charge is 0.257 e. The number of aromatic nitrogens is 1. The molecular formula is C19H25N3O3. The number of nitrogens with zero attached hydrogens (tertiary/aromatic N) is 2. The molecule has 1 N–H and O–H groups in total. The first-order chi connectivity index (χ1) is 12.0. The summed E-state index contributed by atoms with van der Waals surface area (Å²) in [6.07, 6.45) is 3.56. The Labute approximate surface area is 148 Å². The highest BCUT2D eigenvalue weighted by Gasteiger charge is 2.12. The van der Waals surface area contributed by atoms with Crippen LogP contribution in [0.4, 0.5) is 11.5 Å². The monoisotopic (exact) mass is 343 g/mol. The number of pyridine rings is 1. The lowest BCUT2D eigenvalue weighted by molar-refractivity contribution is 0.102. The van der Waals surface area contributed by atoms with Crippen molar-refractivity contribution in [2.45, 2.75) is 19.8 Å². The van der Waals surface area contributed by atoms with Crippen molar-refractivity contribution < 1.29 is 14.3 Å². The molecule has 0 saturated heterocycles. The van der Waals surface area contributed by atoms with Gasteiger partial charge in [-0.05, 0) is 30.7 Å². The van der Waals surface area contributed by atoms with Gasteiger partial charge in [0.05, 0.1) is 25.0 Å². The van der Waals surface area contributed by atoms with Crippen molar-refractivity contribution in [3.05, 3.63) is 42.1 Å². The lowest BCUT2D eigenvalue weighted by Crippen LogP contribution is -2.15. The number of unbranched alkanes of at least 4 members (excludes halogenated alkanes) is 1. The van der Waals surface area contributed by atoms with Crippen LogP contribution in [0.25, 0.3) is 0 Å². The second kappa shape index (κ2) is 8.92. The van der Waals surface area contributed by atoms with Crippen LogP contribution in [0.15, 0.2) is 36.5 Å². The first-order valence-corrected chi connectivity index (χ1v) is 8.30. The molecule has 1 aromatic carbocycles. The van der Waals surface area contributed by atoms with Crippen molar-refractivity contribution in [2.24, 2.45) is 0 Å². The average Bonchev–Trinajstić information content (AvgIpc) is 2.63. The molecule has 1 aromatic heterocycles. The normalized spacial score (nSPS) is 10.2. The Bertz CT molecular complexity index is 700. The molecule has 1 amide bonds. The molecule has 0 unspecified atom stereocenters. The summed E-state index contributed by atoms with van der Waals surface area (Å²) in [5, 5.41) is 2.88. The molecular weight excluding hydrogens is 318 g/mol. The van der Waals surface area contributed by atoms with Crippen LogP contribution in [0.5, 0.6) is 11.5 Å². The average molecular weight is 343 g/mol. The number of rotatable bonds is 8. The highest BCUT2D eigenvalue weighted by molar-refractivity contribution is 6.05. The topological polar surface area (TPSA) is 63.7 Å². The third-order valence-corrected chi connectivity index (χ3v) is 3.66. The van der Waals surface area contributed by atoms with Gasteiger partial charge in [0.2, 0.25) is 0 Å². The van der Waals surface area contributed by atoms with E-state index in [0.717, 1.165) is 18.7 Å². The molecule has 0 aliphatic heterocycles. The molecule has 0 fully saturated rings. The van der Waals surface area contributed by atoms with Gasteiger partial charge < -0.3 is 19.7 Å². The Morgan fingerprint density at radius 2 is 2.04 bits per heavy atom. The van der Waals surface area contributed by atoms with Gasteiger partial charge in [-0.1, -0.05) is 13.3 Å². The van der Waals surface area contributed by atoms with Gasteiger partial charge in [0.1, 0.15) is 17.3 Å². The van der Waals surface area contributed by atoms with Crippen molar-refractivity contribution in [1.29, 1.82) is 0 Å². The van der Waals surface area contributed by atoms with Gasteiger partial charge in [-0.2, -0.15) is 0 Å². The van der Waals surface area contributed by atoms with Gasteiger partial charge in [-0.3, -0.25) is 4.79 Å². The molecule has 0 atom stereocenters. The van der Waals surface area contributed by atoms with Crippen LogP contribution >= 0.6 is 0 Å². The van der Waals surface area contributed by atoms with Crippen LogP contribution in [-0.2, 0) is 0 Å². The third kappa shape index (κ3) is 5.11. The summed E-state index contributed by atoms with van der Waals surface area (Å²) >= 11 is 0. The fourth-order valence-electron chi connectivity index (χ4n) is 2.17. The maximum atomic E-state index is 12.5. The van der Waals surface area contributed by atoms with Gasteiger partial charge in [0.15, 0.2) is 0 Å². The summed E-state index contributed by atoms with van der Waals surface area (Å²) in [6.45, 7) is 2.70. The largest absolute Gasteiger partial charge is 0.497 e. The van der Waals surface area contributed by atoms with E-state index in [1.807, 2.05) is 25.1 Å². The van der Waals surface area contributed by atoms with E-state index in [1.54, 1.807) is 37.6 Å². The van der Waals surface area contributed by atoms with Crippen molar-refractivity contribution in [3.8, 4) is 11.5 Å². The first-order valence-electron chi connectivity index (χ1n) is 8.30. The molecule has 2 aromatic rings. The lowest BCUT2D eigenvalue weighted by atomic mass is 10.2. The minimum atomic E-state index is -0.244. The van der Waals surface area contributed by atoms with E-state index in [0.29, 0.717) is 29.4 Å². The summed E-state index contributed by atoms with van der Waals surface area (Å²) in [5.41, 5.74) is 1.06. The Kier molecular flexibility index (Phi) is 6.62. The second-order valence-corrected chi connectivity index (χ2v) is 5.82. The lowest BCUT2D eigenvalue weighted by Gasteiger charge is -2.14. The van der Waals surface area contributed by atoms with E-state index < -0.39 is 0 Å². The van der Waals surface area contributed by atoms with Gasteiger partial charge in [-0.15, -0.1) is 0 Å². The van der Waals surface area contributed by atoms with Crippen LogP contribution in [0.2, 0.25) is 0 Å². The van der Waals surface area contributed by atoms with Gasteiger partial charge in [0, 0.05) is 26.4 Å². The number of benzene rings is 1. The summed E-state index contributed by atoms with van der Waals surface area (Å²) in [5.74, 6) is 1.83. The zero-order valence-corrected chi connectivity index (χ0v) is 15.2. The van der Waals surface area contributed by atoms with E-state index in [-0.39, 0.29) is 5.91 Å². The van der Waals surface area contributed by atoms with E-state index in [1.165, 1.54) is 0 Å². The van der Waals surface area contributed by atoms with Crippen molar-refractivity contribution in [2.75, 3.05) is 38.0 Å². The number of methoxy groups -OCH3 is 1. The number of amides is 1. The zero-order chi connectivity index (χ0) is 18.2. The quantitative estimate of drug-likeness (QED) is 0.742. The third-order valence-electron chi connectivity index (χ3n) is 3.66. The highest BCUT2D eigenvalue weighted by Crippen LogP contribution is 2.30. The molecule has 0 spiro atoms. The number of nitrogens with one attached hydrogen (secondary N) is 1. The van der Waals surface area contributed by atoms with Crippen LogP contribution in [-0.4, -0.2) is 38.7 Å². The molecule has 2 rings (SSSR count). The van der Waals surface area contributed by atoms with Gasteiger partial charge >= 0.3 is 0 Å². The molecule has 0 radical (unpaired) electrons. The van der Waals surface area contributed by atoms with E-state index in [4.69, 9.17) is 9.47 Å². The molecule has 0 aliphatic carbocycles. The standard InChI is InChI=1S/C19H25N3O3/c1-5-6-11-25-17-9-8-15(24-4)12-16(17)21-19(23)14-7-10-18(20-13-14)22(2)3/h7-10,12-13H,5-6,11H2,1-4H3,(H,21,23). The van der Waals surface area contributed by atoms with Crippen LogP contribution in [0.1, 0.15) is 30.1 Å². The predicted molar refractivity (Wildman–Crippen MR) is 99.9 cm³/mol. The highest BCUT2D eigenvalue weighted by atomic mass is 16.5. The van der Waals surface area contributed by atoms with Crippen LogP contribution in [0, 0.1) is 0 Å². The number of carbonyl (C=O) groups is 1. The summed E-state index contributed by atoms with van der Waals surface area (Å²) in [4.78, 5) is 18.7. The molecule has 6 nitrogen and oxygen atoms in total. The van der Waals surface area contributed by atoms with Crippen LogP contribution in [0.3, 0.4) is 0 Å². The Hall–Kier alpha value is -2.76. The number of hydrogen-bond donors (Lipinski definition) is 1. The molecule has 0 aliphatic rings. The molecule has 134 valence electrons. The van der Waals surface area contributed by atoms with E-state index in [2.05, 4.69) is 17.2 Å². The number of anilines is 2. The number of carbonyl (C=O) groups excluding carboxylic acids is 1. The Morgan fingerprint density at radius 3 is 2.64 bits per heavy atom. The Morgan fingerprint density at radius 1 is 1.24 bits per heavy atom. The van der Waals surface area contributed by atoms with Gasteiger partial charge in [0.25, 0.3) is 5.91 Å². The molecule has 6 heteroatoms. The van der Waals surface area contributed by atoms with E-state index in [9.17, 15) is 4.79 Å². The number of hydrogen-bond acceptors (Lipinski definition) is 5.